The molecular weight excluding hydrogens is 375 g/mol. The predicted octanol–water partition coefficient (Wildman–Crippen LogP) is 0.245. The third-order valence-electron chi connectivity index (χ3n) is 3.93. The number of alkyl halides is 1. The van der Waals surface area contributed by atoms with Crippen molar-refractivity contribution < 1.29 is 28.2 Å². The SMILES string of the molecule is CC(=O)O[C@H]1[C@H](F)[C@H](n2ncc(N)nc2=O)O[C@@H]1COC(=O)c1ccccc1. The molecule has 2 N–H and O–H groups in total. The molecule has 0 bridgehead atoms. The lowest BCUT2D eigenvalue weighted by Crippen LogP contribution is -2.38. The minimum Gasteiger partial charge on any atom is -0.459 e. The highest BCUT2D eigenvalue weighted by Crippen LogP contribution is 2.33. The first-order chi connectivity index (χ1) is 13.4. The zero-order chi connectivity index (χ0) is 20.3. The lowest BCUT2D eigenvalue weighted by atomic mass is 10.1. The molecule has 1 aromatic carbocycles. The van der Waals surface area contributed by atoms with Gasteiger partial charge in [-0.3, -0.25) is 4.79 Å². The lowest BCUT2D eigenvalue weighted by Gasteiger charge is -2.18. The molecule has 2 aromatic rings. The van der Waals surface area contributed by atoms with E-state index in [4.69, 9.17) is 19.9 Å². The summed E-state index contributed by atoms with van der Waals surface area (Å²) in [6.45, 7) is 0.696. The number of carbonyl (C=O) groups is 2. The molecule has 148 valence electrons. The third kappa shape index (κ3) is 4.14. The molecule has 0 aliphatic carbocycles. The van der Waals surface area contributed by atoms with Gasteiger partial charge in [-0.25, -0.2) is 14.0 Å². The van der Waals surface area contributed by atoms with E-state index in [-0.39, 0.29) is 5.82 Å². The van der Waals surface area contributed by atoms with E-state index in [0.717, 1.165) is 13.1 Å². The van der Waals surface area contributed by atoms with Crippen molar-refractivity contribution in [3.63, 3.8) is 0 Å². The Morgan fingerprint density at radius 2 is 2.04 bits per heavy atom. The standard InChI is InChI=1S/C17H17FN4O6/c1-9(23)27-14-11(8-26-16(24)10-5-3-2-4-6-10)28-15(13(14)18)22-17(25)21-12(19)7-20-22/h2-7,11,13-15H,8H2,1H3,(H2,19,21,25)/t11-,13+,14-,15-/m1/s1. The van der Waals surface area contributed by atoms with Crippen molar-refractivity contribution in [3.8, 4) is 0 Å². The molecule has 2 heterocycles. The summed E-state index contributed by atoms with van der Waals surface area (Å²) < 4.78 is 31.1. The van der Waals surface area contributed by atoms with Gasteiger partial charge in [-0.05, 0) is 12.1 Å². The van der Waals surface area contributed by atoms with Crippen LogP contribution in [-0.4, -0.2) is 51.7 Å². The highest BCUT2D eigenvalue weighted by molar-refractivity contribution is 5.89. The summed E-state index contributed by atoms with van der Waals surface area (Å²) in [7, 11) is 0. The van der Waals surface area contributed by atoms with Gasteiger partial charge >= 0.3 is 17.6 Å². The summed E-state index contributed by atoms with van der Waals surface area (Å²) >= 11 is 0. The first-order valence-electron chi connectivity index (χ1n) is 8.27. The number of halogens is 1. The fourth-order valence-electron chi connectivity index (χ4n) is 2.71. The molecule has 1 aliphatic rings. The normalized spacial score (nSPS) is 23.9. The second kappa shape index (κ2) is 8.13. The second-order valence-corrected chi connectivity index (χ2v) is 5.96. The van der Waals surface area contributed by atoms with E-state index >= 15 is 0 Å². The van der Waals surface area contributed by atoms with Crippen LogP contribution < -0.4 is 11.4 Å². The van der Waals surface area contributed by atoms with Crippen LogP contribution in [0.15, 0.2) is 41.3 Å². The van der Waals surface area contributed by atoms with Gasteiger partial charge in [0.05, 0.1) is 11.8 Å². The zero-order valence-corrected chi connectivity index (χ0v) is 14.7. The molecule has 4 atom stereocenters. The van der Waals surface area contributed by atoms with Gasteiger partial charge in [0.2, 0.25) is 0 Å². The maximum Gasteiger partial charge on any atom is 0.368 e. The molecule has 1 saturated heterocycles. The van der Waals surface area contributed by atoms with Crippen molar-refractivity contribution in [1.29, 1.82) is 0 Å². The van der Waals surface area contributed by atoms with Gasteiger partial charge in [0.1, 0.15) is 18.5 Å². The number of esters is 2. The summed E-state index contributed by atoms with van der Waals surface area (Å²) in [5.74, 6) is -1.55. The Morgan fingerprint density at radius 1 is 1.32 bits per heavy atom. The van der Waals surface area contributed by atoms with Crippen molar-refractivity contribution in [2.24, 2.45) is 0 Å². The number of ether oxygens (including phenoxy) is 3. The summed E-state index contributed by atoms with van der Waals surface area (Å²) in [5, 5.41) is 3.70. The molecule has 0 spiro atoms. The second-order valence-electron chi connectivity index (χ2n) is 5.96. The zero-order valence-electron chi connectivity index (χ0n) is 14.7. The minimum absolute atomic E-state index is 0.139. The van der Waals surface area contributed by atoms with Gasteiger partial charge in [-0.15, -0.1) is 0 Å². The monoisotopic (exact) mass is 392 g/mol. The van der Waals surface area contributed by atoms with E-state index in [2.05, 4.69) is 10.1 Å². The average molecular weight is 392 g/mol. The molecule has 1 aliphatic heterocycles. The van der Waals surface area contributed by atoms with Crippen LogP contribution in [0.4, 0.5) is 10.2 Å². The van der Waals surface area contributed by atoms with Crippen molar-refractivity contribution >= 4 is 17.8 Å². The lowest BCUT2D eigenvalue weighted by molar-refractivity contribution is -0.152. The van der Waals surface area contributed by atoms with Crippen LogP contribution in [0.2, 0.25) is 0 Å². The third-order valence-corrected chi connectivity index (χ3v) is 3.93. The Balaban J connectivity index is 1.77. The maximum atomic E-state index is 14.9. The van der Waals surface area contributed by atoms with Crippen LogP contribution >= 0.6 is 0 Å². The number of rotatable bonds is 5. The van der Waals surface area contributed by atoms with E-state index < -0.39 is 48.8 Å². The van der Waals surface area contributed by atoms with Crippen LogP contribution in [0, 0.1) is 0 Å². The number of hydrogen-bond donors (Lipinski definition) is 1. The Hall–Kier alpha value is -3.34. The molecule has 0 saturated carbocycles. The van der Waals surface area contributed by atoms with Crippen LogP contribution in [-0.2, 0) is 19.0 Å². The number of nitrogens with two attached hydrogens (primary N) is 1. The van der Waals surface area contributed by atoms with Gasteiger partial charge in [0, 0.05) is 6.92 Å². The van der Waals surface area contributed by atoms with Gasteiger partial charge in [0.25, 0.3) is 0 Å². The minimum atomic E-state index is -1.94. The van der Waals surface area contributed by atoms with E-state index in [1.807, 2.05) is 0 Å². The van der Waals surface area contributed by atoms with Crippen LogP contribution in [0.5, 0.6) is 0 Å². The summed E-state index contributed by atoms with van der Waals surface area (Å²) in [4.78, 5) is 38.8. The predicted molar refractivity (Wildman–Crippen MR) is 91.8 cm³/mol. The molecule has 28 heavy (non-hydrogen) atoms. The van der Waals surface area contributed by atoms with Crippen LogP contribution in [0.1, 0.15) is 23.5 Å². The Bertz CT molecular complexity index is 921. The molecule has 10 nitrogen and oxygen atoms in total. The molecule has 3 rings (SSSR count). The number of nitrogen functional groups attached to an aromatic ring is 1. The smallest absolute Gasteiger partial charge is 0.368 e. The van der Waals surface area contributed by atoms with Crippen LogP contribution in [0.25, 0.3) is 0 Å². The molecule has 1 aromatic heterocycles. The molecule has 0 radical (unpaired) electrons. The number of carbonyl (C=O) groups excluding carboxylic acids is 2. The number of aromatic nitrogens is 3. The Labute approximate surface area is 158 Å². The Kier molecular flexibility index (Phi) is 5.64. The molecular formula is C17H17FN4O6. The van der Waals surface area contributed by atoms with Crippen molar-refractivity contribution in [3.05, 3.63) is 52.6 Å². The summed E-state index contributed by atoms with van der Waals surface area (Å²) in [6.07, 6.45) is -4.97. The van der Waals surface area contributed by atoms with Gasteiger partial charge in [0.15, 0.2) is 18.5 Å². The van der Waals surface area contributed by atoms with Gasteiger partial charge in [-0.2, -0.15) is 14.8 Å². The van der Waals surface area contributed by atoms with Crippen molar-refractivity contribution in [1.82, 2.24) is 14.8 Å². The van der Waals surface area contributed by atoms with Gasteiger partial charge in [-0.1, -0.05) is 18.2 Å². The highest BCUT2D eigenvalue weighted by Gasteiger charge is 2.50. The number of nitrogens with zero attached hydrogens (tertiary/aromatic N) is 3. The number of anilines is 1. The van der Waals surface area contributed by atoms with Crippen molar-refractivity contribution in [2.45, 2.75) is 31.5 Å². The maximum absolute atomic E-state index is 14.9. The van der Waals surface area contributed by atoms with E-state index in [1.165, 1.54) is 0 Å². The molecule has 1 fully saturated rings. The summed E-state index contributed by atoms with van der Waals surface area (Å²) in [6, 6.07) is 8.14. The molecule has 0 amide bonds. The topological polar surface area (TPSA) is 136 Å². The fourth-order valence-corrected chi connectivity index (χ4v) is 2.71. The molecule has 11 heteroatoms. The van der Waals surface area contributed by atoms with Crippen molar-refractivity contribution in [2.75, 3.05) is 12.3 Å². The quantitative estimate of drug-likeness (QED) is 0.710. The highest BCUT2D eigenvalue weighted by atomic mass is 19.1. The van der Waals surface area contributed by atoms with Gasteiger partial charge < -0.3 is 19.9 Å². The first-order valence-corrected chi connectivity index (χ1v) is 8.27. The van der Waals surface area contributed by atoms with E-state index in [0.29, 0.717) is 10.2 Å². The summed E-state index contributed by atoms with van der Waals surface area (Å²) in [5.41, 5.74) is 4.73. The van der Waals surface area contributed by atoms with Crippen LogP contribution in [0.3, 0.4) is 0 Å². The molecule has 0 unspecified atom stereocenters. The van der Waals surface area contributed by atoms with E-state index in [1.54, 1.807) is 30.3 Å². The van der Waals surface area contributed by atoms with E-state index in [9.17, 15) is 18.8 Å². The average Bonchev–Trinajstić information content (AvgIpc) is 2.96. The Morgan fingerprint density at radius 3 is 2.68 bits per heavy atom. The first kappa shape index (κ1) is 19.4. The largest absolute Gasteiger partial charge is 0.459 e. The fraction of sp³-hybridized carbons (Fsp3) is 0.353. The number of benzene rings is 1. The number of hydrogen-bond acceptors (Lipinski definition) is 9.